The number of aromatic nitrogens is 6. The van der Waals surface area contributed by atoms with Gasteiger partial charge < -0.3 is 25.0 Å². The second kappa shape index (κ2) is 8.39. The molecular formula is C22H25N8O2+. The van der Waals surface area contributed by atoms with E-state index >= 15 is 0 Å². The molecule has 0 aromatic carbocycles. The molecular weight excluding hydrogens is 408 g/mol. The highest BCUT2D eigenvalue weighted by Gasteiger charge is 2.24. The second-order valence-corrected chi connectivity index (χ2v) is 7.86. The van der Waals surface area contributed by atoms with Gasteiger partial charge in [-0.25, -0.2) is 19.9 Å². The van der Waals surface area contributed by atoms with E-state index in [4.69, 9.17) is 14.7 Å². The van der Waals surface area contributed by atoms with Crippen LogP contribution >= 0.6 is 0 Å². The van der Waals surface area contributed by atoms with E-state index in [1.807, 2.05) is 31.5 Å². The lowest BCUT2D eigenvalue weighted by atomic mass is 10.1. The van der Waals surface area contributed by atoms with Gasteiger partial charge in [0.15, 0.2) is 11.8 Å². The maximum Gasteiger partial charge on any atom is 0.365 e. The summed E-state index contributed by atoms with van der Waals surface area (Å²) in [6.45, 7) is 3.74. The fourth-order valence-electron chi connectivity index (χ4n) is 4.01. The Morgan fingerprint density at radius 3 is 2.97 bits per heavy atom. The molecule has 0 spiro atoms. The first-order valence-corrected chi connectivity index (χ1v) is 10.5. The average molecular weight is 433 g/mol. The molecule has 0 unspecified atom stereocenters. The van der Waals surface area contributed by atoms with Crippen molar-refractivity contribution in [3.8, 4) is 17.1 Å². The van der Waals surface area contributed by atoms with E-state index < -0.39 is 0 Å². The zero-order valence-electron chi connectivity index (χ0n) is 18.0. The minimum atomic E-state index is 0.199. The van der Waals surface area contributed by atoms with Crippen LogP contribution in [0.4, 0.5) is 17.2 Å². The zero-order chi connectivity index (χ0) is 22.1. The number of anilines is 3. The first-order valence-electron chi connectivity index (χ1n) is 10.5. The number of fused-ring (bicyclic) bond motifs is 1. The number of ether oxygens (including phenoxy) is 1. The van der Waals surface area contributed by atoms with Gasteiger partial charge in [0, 0.05) is 31.2 Å². The number of methoxy groups -OCH3 is 1. The lowest BCUT2D eigenvalue weighted by Gasteiger charge is -2.20. The van der Waals surface area contributed by atoms with Gasteiger partial charge in [-0.05, 0) is 25.5 Å². The summed E-state index contributed by atoms with van der Waals surface area (Å²) in [4.78, 5) is 26.7. The van der Waals surface area contributed by atoms with Crippen LogP contribution in [0.15, 0.2) is 36.9 Å². The maximum absolute atomic E-state index is 9.54. The zero-order valence-corrected chi connectivity index (χ0v) is 18.0. The number of pyridine rings is 2. The van der Waals surface area contributed by atoms with Crippen molar-refractivity contribution in [2.75, 3.05) is 37.0 Å². The molecule has 1 fully saturated rings. The summed E-state index contributed by atoms with van der Waals surface area (Å²) in [7, 11) is 1.62. The van der Waals surface area contributed by atoms with Crippen LogP contribution in [0.5, 0.6) is 5.88 Å². The van der Waals surface area contributed by atoms with Crippen LogP contribution in [0.3, 0.4) is 0 Å². The molecule has 0 radical (unpaired) electrons. The lowest BCUT2D eigenvalue weighted by molar-refractivity contribution is -0.392. The van der Waals surface area contributed by atoms with Gasteiger partial charge in [-0.3, -0.25) is 0 Å². The number of hydrogen-bond acceptors (Lipinski definition) is 8. The number of imidazole rings is 1. The largest absolute Gasteiger partial charge is 0.448 e. The molecule has 164 valence electrons. The van der Waals surface area contributed by atoms with Crippen LogP contribution in [0.1, 0.15) is 12.2 Å². The third-order valence-corrected chi connectivity index (χ3v) is 5.70. The lowest BCUT2D eigenvalue weighted by Crippen LogP contribution is -2.21. The Hall–Kier alpha value is -3.79. The molecule has 0 aliphatic carbocycles. The molecule has 1 aliphatic heterocycles. The summed E-state index contributed by atoms with van der Waals surface area (Å²) in [6, 6.07) is 5.85. The van der Waals surface area contributed by atoms with Gasteiger partial charge in [0.2, 0.25) is 0 Å². The fraction of sp³-hybridized carbons (Fsp3) is 0.318. The highest BCUT2D eigenvalue weighted by molar-refractivity contribution is 5.92. The number of hydrogen-bond donors (Lipinski definition) is 3. The topological polar surface area (TPSA) is 126 Å². The molecule has 4 aromatic rings. The Labute approximate surface area is 184 Å². The van der Waals surface area contributed by atoms with Crippen molar-refractivity contribution in [1.29, 1.82) is 0 Å². The maximum atomic E-state index is 9.54. The summed E-state index contributed by atoms with van der Waals surface area (Å²) < 4.78 is 5.21. The molecule has 0 saturated carbocycles. The van der Waals surface area contributed by atoms with Crippen LogP contribution in [0.25, 0.3) is 22.4 Å². The first kappa shape index (κ1) is 20.1. The molecule has 5 heterocycles. The summed E-state index contributed by atoms with van der Waals surface area (Å²) in [5.74, 6) is 2.25. The molecule has 4 N–H and O–H groups in total. The summed E-state index contributed by atoms with van der Waals surface area (Å²) in [5.41, 5.74) is 4.77. The van der Waals surface area contributed by atoms with Crippen LogP contribution in [-0.4, -0.2) is 56.8 Å². The van der Waals surface area contributed by atoms with Crippen molar-refractivity contribution in [1.82, 2.24) is 24.9 Å². The standard InChI is InChI=1S/C22H24N8O2/c1-13-27-19(20-22(28-13)26-12-25-20)17-7-16(30-6-5-14(10-30)11-31)9-24-21(17)29-15-3-4-18(32-2)23-8-15/h3-4,7-9,12,14,31H,5-6,10-11H2,1-2H3,(H,24,29)(H,25,26,27,28)/p+1/t14-/m0/s1. The normalized spacial score (nSPS) is 16.0. The van der Waals surface area contributed by atoms with E-state index in [2.05, 4.69) is 36.2 Å². The van der Waals surface area contributed by atoms with Crippen molar-refractivity contribution in [2.45, 2.75) is 13.3 Å². The highest BCUT2D eigenvalue weighted by atomic mass is 16.5. The number of nitrogens with one attached hydrogen (secondary N) is 3. The smallest absolute Gasteiger partial charge is 0.365 e. The summed E-state index contributed by atoms with van der Waals surface area (Å²) >= 11 is 0. The van der Waals surface area contributed by atoms with Crippen molar-refractivity contribution in [3.05, 3.63) is 42.7 Å². The van der Waals surface area contributed by atoms with Crippen molar-refractivity contribution in [2.24, 2.45) is 5.92 Å². The van der Waals surface area contributed by atoms with Gasteiger partial charge >= 0.3 is 5.88 Å². The van der Waals surface area contributed by atoms with E-state index in [-0.39, 0.29) is 12.5 Å². The second-order valence-electron chi connectivity index (χ2n) is 7.86. The van der Waals surface area contributed by atoms with Crippen LogP contribution in [0, 0.1) is 12.8 Å². The van der Waals surface area contributed by atoms with Gasteiger partial charge in [0.1, 0.15) is 28.5 Å². The summed E-state index contributed by atoms with van der Waals surface area (Å²) in [5, 5.41) is 12.9. The number of aliphatic hydroxyl groups is 1. The molecule has 5 rings (SSSR count). The molecule has 1 aliphatic rings. The predicted octanol–water partition coefficient (Wildman–Crippen LogP) is 2.11. The fourth-order valence-corrected chi connectivity index (χ4v) is 4.01. The minimum absolute atomic E-state index is 0.199. The van der Waals surface area contributed by atoms with Crippen LogP contribution < -0.4 is 19.9 Å². The Morgan fingerprint density at radius 2 is 2.22 bits per heavy atom. The quantitative estimate of drug-likeness (QED) is 0.422. The van der Waals surface area contributed by atoms with Gasteiger partial charge in [-0.1, -0.05) is 0 Å². The predicted molar refractivity (Wildman–Crippen MR) is 120 cm³/mol. The number of aliphatic hydroxyl groups excluding tert-OH is 1. The van der Waals surface area contributed by atoms with Crippen molar-refractivity contribution in [3.63, 3.8) is 0 Å². The van der Waals surface area contributed by atoms with Crippen LogP contribution in [0.2, 0.25) is 0 Å². The third kappa shape index (κ3) is 3.80. The van der Waals surface area contributed by atoms with Crippen molar-refractivity contribution >= 4 is 28.4 Å². The third-order valence-electron chi connectivity index (χ3n) is 5.70. The molecule has 4 aromatic heterocycles. The molecule has 0 amide bonds. The molecule has 1 saturated heterocycles. The molecule has 10 nitrogen and oxygen atoms in total. The average Bonchev–Trinajstić information content (AvgIpc) is 3.49. The Morgan fingerprint density at radius 1 is 1.31 bits per heavy atom. The van der Waals surface area contributed by atoms with Crippen molar-refractivity contribution < 1.29 is 14.8 Å². The monoisotopic (exact) mass is 433 g/mol. The molecule has 32 heavy (non-hydrogen) atoms. The molecule has 0 bridgehead atoms. The van der Waals surface area contributed by atoms with Gasteiger partial charge in [-0.15, -0.1) is 0 Å². The minimum Gasteiger partial charge on any atom is -0.448 e. The Balaban J connectivity index is 1.60. The van der Waals surface area contributed by atoms with Crippen LogP contribution in [-0.2, 0) is 0 Å². The van der Waals surface area contributed by atoms with Gasteiger partial charge in [0.25, 0.3) is 0 Å². The highest BCUT2D eigenvalue weighted by Crippen LogP contribution is 2.35. The van der Waals surface area contributed by atoms with E-state index in [1.54, 1.807) is 13.4 Å². The molecule has 1 atom stereocenters. The number of H-pyrrole nitrogens is 2. The Kier molecular flexibility index (Phi) is 5.28. The van der Waals surface area contributed by atoms with E-state index in [0.29, 0.717) is 23.2 Å². The van der Waals surface area contributed by atoms with Gasteiger partial charge in [0.05, 0.1) is 31.4 Å². The van der Waals surface area contributed by atoms with Gasteiger partial charge in [-0.2, -0.15) is 4.98 Å². The first-order chi connectivity index (χ1) is 15.6. The molecule has 10 heteroatoms. The Bertz CT molecular complexity index is 1240. The number of rotatable bonds is 6. The van der Waals surface area contributed by atoms with E-state index in [1.165, 1.54) is 0 Å². The van der Waals surface area contributed by atoms with E-state index in [9.17, 15) is 5.11 Å². The number of aromatic amines is 2. The summed E-state index contributed by atoms with van der Waals surface area (Å²) in [6.07, 6.45) is 6.26. The number of nitrogens with zero attached hydrogens (tertiary/aromatic N) is 5. The number of aryl methyl sites for hydroxylation is 1. The SMILES string of the molecule is COc1ccc(Nc2ncc(N3CC[C@H](CO)C3)cc2-c2nc(C)nc3nc[nH]c23)c[nH+]1. The van der Waals surface area contributed by atoms with E-state index in [0.717, 1.165) is 47.7 Å².